The number of hydrogen-bond acceptors (Lipinski definition) is 2. The van der Waals surface area contributed by atoms with Crippen LogP contribution < -0.4 is 9.80 Å². The summed E-state index contributed by atoms with van der Waals surface area (Å²) >= 11 is 0. The molecule has 3 heteroatoms. The highest BCUT2D eigenvalue weighted by Crippen LogP contribution is 2.46. The standard InChI is InChI=1S/C44H33N3/c1-45-41-22-12-10-19-37(41)36-18-8-9-21-39(36)44(45)31-24-26-34(27-25-31)47-42-23-13-11-20-38(42)40-30-35(28-29-43(40)47)46(32-14-4-2-5-15-32)33-16-6-3-7-17-33/h2-30,44H,1H3. The lowest BCUT2D eigenvalue weighted by molar-refractivity contribution is 0.774. The van der Waals surface area contributed by atoms with Crippen molar-refractivity contribution in [3.05, 3.63) is 187 Å². The van der Waals surface area contributed by atoms with Crippen LogP contribution in [0.2, 0.25) is 0 Å². The second-order valence-electron chi connectivity index (χ2n) is 12.3. The van der Waals surface area contributed by atoms with Gasteiger partial charge >= 0.3 is 0 Å². The van der Waals surface area contributed by atoms with E-state index in [-0.39, 0.29) is 6.04 Å². The van der Waals surface area contributed by atoms with Crippen LogP contribution in [0.15, 0.2) is 176 Å². The zero-order valence-electron chi connectivity index (χ0n) is 26.2. The monoisotopic (exact) mass is 603 g/mol. The van der Waals surface area contributed by atoms with Gasteiger partial charge in [-0.1, -0.05) is 109 Å². The number of fused-ring (bicyclic) bond motifs is 6. The van der Waals surface area contributed by atoms with E-state index in [1.807, 2.05) is 0 Å². The Hall–Kier alpha value is -6.06. The lowest BCUT2D eigenvalue weighted by Crippen LogP contribution is -2.29. The van der Waals surface area contributed by atoms with Gasteiger partial charge in [-0.15, -0.1) is 0 Å². The summed E-state index contributed by atoms with van der Waals surface area (Å²) in [6.07, 6.45) is 0. The zero-order valence-corrected chi connectivity index (χ0v) is 26.2. The molecule has 0 spiro atoms. The molecule has 224 valence electrons. The normalized spacial score (nSPS) is 13.8. The second-order valence-corrected chi connectivity index (χ2v) is 12.3. The van der Waals surface area contributed by atoms with E-state index in [2.05, 4.69) is 197 Å². The molecule has 0 radical (unpaired) electrons. The third-order valence-corrected chi connectivity index (χ3v) is 9.63. The number of aromatic nitrogens is 1. The first-order chi connectivity index (χ1) is 23.3. The van der Waals surface area contributed by atoms with Crippen molar-refractivity contribution in [2.24, 2.45) is 0 Å². The van der Waals surface area contributed by atoms with Gasteiger partial charge in [-0.25, -0.2) is 0 Å². The van der Waals surface area contributed by atoms with Crippen molar-refractivity contribution in [3.63, 3.8) is 0 Å². The first-order valence-corrected chi connectivity index (χ1v) is 16.2. The largest absolute Gasteiger partial charge is 0.363 e. The first-order valence-electron chi connectivity index (χ1n) is 16.2. The molecule has 1 aromatic heterocycles. The Labute approximate surface area is 275 Å². The van der Waals surface area contributed by atoms with E-state index in [9.17, 15) is 0 Å². The minimum atomic E-state index is 0.137. The van der Waals surface area contributed by atoms with Crippen molar-refractivity contribution in [3.8, 4) is 16.8 Å². The molecule has 47 heavy (non-hydrogen) atoms. The first kappa shape index (κ1) is 27.3. The van der Waals surface area contributed by atoms with Crippen LogP contribution in [0, 0.1) is 0 Å². The molecule has 0 bridgehead atoms. The molecular formula is C44H33N3. The van der Waals surface area contributed by atoms with Crippen LogP contribution in [-0.4, -0.2) is 11.6 Å². The molecule has 9 rings (SSSR count). The highest BCUT2D eigenvalue weighted by Gasteiger charge is 2.29. The maximum atomic E-state index is 2.42. The predicted octanol–water partition coefficient (Wildman–Crippen LogP) is 11.5. The van der Waals surface area contributed by atoms with E-state index in [0.717, 1.165) is 22.7 Å². The third-order valence-electron chi connectivity index (χ3n) is 9.63. The van der Waals surface area contributed by atoms with E-state index in [1.54, 1.807) is 0 Å². The van der Waals surface area contributed by atoms with Crippen molar-refractivity contribution in [2.75, 3.05) is 16.8 Å². The van der Waals surface area contributed by atoms with Crippen LogP contribution in [0.5, 0.6) is 0 Å². The summed E-state index contributed by atoms with van der Waals surface area (Å²) < 4.78 is 2.40. The molecule has 1 unspecified atom stereocenters. The lowest BCUT2D eigenvalue weighted by Gasteiger charge is -2.38. The minimum absolute atomic E-state index is 0.137. The Bertz CT molecular complexity index is 2330. The molecule has 2 heterocycles. The van der Waals surface area contributed by atoms with Gasteiger partial charge in [0.2, 0.25) is 0 Å². The van der Waals surface area contributed by atoms with Gasteiger partial charge in [-0.2, -0.15) is 0 Å². The molecule has 7 aromatic carbocycles. The van der Waals surface area contributed by atoms with Crippen LogP contribution in [0.4, 0.5) is 22.7 Å². The molecule has 3 nitrogen and oxygen atoms in total. The number of rotatable bonds is 5. The van der Waals surface area contributed by atoms with Crippen LogP contribution in [0.25, 0.3) is 38.6 Å². The summed E-state index contributed by atoms with van der Waals surface area (Å²) in [6.45, 7) is 0. The molecule has 0 saturated heterocycles. The SMILES string of the molecule is CN1c2ccccc2-c2ccccc2C1c1ccc(-n2c3ccccc3c3cc(N(c4ccccc4)c4ccccc4)ccc32)cc1. The number of para-hydroxylation sites is 4. The molecule has 1 atom stereocenters. The fourth-order valence-corrected chi connectivity index (χ4v) is 7.53. The maximum absolute atomic E-state index is 2.42. The van der Waals surface area contributed by atoms with Crippen molar-refractivity contribution < 1.29 is 0 Å². The Morgan fingerprint density at radius 2 is 1.06 bits per heavy atom. The minimum Gasteiger partial charge on any atom is -0.363 e. The summed E-state index contributed by atoms with van der Waals surface area (Å²) in [7, 11) is 2.21. The third kappa shape index (κ3) is 4.43. The molecule has 0 aliphatic carbocycles. The molecular weight excluding hydrogens is 571 g/mol. The average Bonchev–Trinajstić information content (AvgIpc) is 3.47. The summed E-state index contributed by atoms with van der Waals surface area (Å²) in [5.41, 5.74) is 13.4. The van der Waals surface area contributed by atoms with Gasteiger partial charge in [0.05, 0.1) is 17.1 Å². The van der Waals surface area contributed by atoms with Crippen LogP contribution >= 0.6 is 0 Å². The van der Waals surface area contributed by atoms with Crippen molar-refractivity contribution in [1.82, 2.24) is 4.57 Å². The Morgan fingerprint density at radius 1 is 0.468 bits per heavy atom. The van der Waals surface area contributed by atoms with Gasteiger partial charge in [-0.05, 0) is 83.4 Å². The van der Waals surface area contributed by atoms with E-state index < -0.39 is 0 Å². The highest BCUT2D eigenvalue weighted by molar-refractivity contribution is 6.10. The Morgan fingerprint density at radius 3 is 1.81 bits per heavy atom. The van der Waals surface area contributed by atoms with Gasteiger partial charge < -0.3 is 14.4 Å². The maximum Gasteiger partial charge on any atom is 0.0798 e. The van der Waals surface area contributed by atoms with Gasteiger partial charge in [0.1, 0.15) is 0 Å². The quantitative estimate of drug-likeness (QED) is 0.194. The molecule has 8 aromatic rings. The molecule has 0 N–H and O–H groups in total. The predicted molar refractivity (Wildman–Crippen MR) is 198 cm³/mol. The van der Waals surface area contributed by atoms with Crippen LogP contribution in [0.1, 0.15) is 17.2 Å². The number of benzene rings is 7. The van der Waals surface area contributed by atoms with Gasteiger partial charge in [0.15, 0.2) is 0 Å². The fraction of sp³-hybridized carbons (Fsp3) is 0.0455. The van der Waals surface area contributed by atoms with Crippen molar-refractivity contribution in [2.45, 2.75) is 6.04 Å². The van der Waals surface area contributed by atoms with Crippen molar-refractivity contribution >= 4 is 44.6 Å². The summed E-state index contributed by atoms with van der Waals surface area (Å²) in [4.78, 5) is 4.75. The van der Waals surface area contributed by atoms with Crippen LogP contribution in [0.3, 0.4) is 0 Å². The Kier molecular flexibility index (Phi) is 6.43. The van der Waals surface area contributed by atoms with E-state index in [1.165, 1.54) is 49.7 Å². The Balaban J connectivity index is 1.16. The summed E-state index contributed by atoms with van der Waals surface area (Å²) in [5, 5.41) is 2.48. The van der Waals surface area contributed by atoms with Gasteiger partial charge in [-0.3, -0.25) is 0 Å². The number of nitrogens with zero attached hydrogens (tertiary/aromatic N) is 3. The molecule has 0 fully saturated rings. The fourth-order valence-electron chi connectivity index (χ4n) is 7.53. The number of hydrogen-bond donors (Lipinski definition) is 0. The second kappa shape index (κ2) is 11.1. The molecule has 1 aliphatic rings. The van der Waals surface area contributed by atoms with E-state index in [4.69, 9.17) is 0 Å². The van der Waals surface area contributed by atoms with Gasteiger partial charge in [0, 0.05) is 51.8 Å². The average molecular weight is 604 g/mol. The molecule has 1 aliphatic heterocycles. The zero-order chi connectivity index (χ0) is 31.3. The van der Waals surface area contributed by atoms with E-state index in [0.29, 0.717) is 0 Å². The smallest absolute Gasteiger partial charge is 0.0798 e. The van der Waals surface area contributed by atoms with Gasteiger partial charge in [0.25, 0.3) is 0 Å². The highest BCUT2D eigenvalue weighted by atomic mass is 15.1. The lowest BCUT2D eigenvalue weighted by atomic mass is 9.85. The molecule has 0 amide bonds. The topological polar surface area (TPSA) is 11.4 Å². The summed E-state index contributed by atoms with van der Waals surface area (Å²) in [6, 6.07) is 63.7. The van der Waals surface area contributed by atoms with Crippen LogP contribution in [-0.2, 0) is 0 Å². The number of anilines is 4. The summed E-state index contributed by atoms with van der Waals surface area (Å²) in [5.74, 6) is 0. The van der Waals surface area contributed by atoms with Crippen molar-refractivity contribution in [1.29, 1.82) is 0 Å². The molecule has 0 saturated carbocycles. The van der Waals surface area contributed by atoms with E-state index >= 15 is 0 Å².